The van der Waals surface area contributed by atoms with E-state index in [-0.39, 0.29) is 26.1 Å². The van der Waals surface area contributed by atoms with Gasteiger partial charge in [0.15, 0.2) is 6.10 Å². The van der Waals surface area contributed by atoms with Gasteiger partial charge in [-0.25, -0.2) is 0 Å². The molecular formula is C78H128NO8P. The topological polar surface area (TPSA) is 111 Å². The molecular weight excluding hydrogens is 1110 g/mol. The van der Waals surface area contributed by atoms with Gasteiger partial charge in [-0.1, -0.05) is 287 Å². The molecule has 0 N–H and O–H groups in total. The molecule has 2 atom stereocenters. The van der Waals surface area contributed by atoms with Gasteiger partial charge in [-0.15, -0.1) is 0 Å². The van der Waals surface area contributed by atoms with Crippen molar-refractivity contribution in [1.82, 2.24) is 0 Å². The van der Waals surface area contributed by atoms with Gasteiger partial charge in [0.25, 0.3) is 7.82 Å². The van der Waals surface area contributed by atoms with Crippen molar-refractivity contribution in [2.75, 3.05) is 47.5 Å². The summed E-state index contributed by atoms with van der Waals surface area (Å²) in [5.74, 6) is -0.856. The van der Waals surface area contributed by atoms with Crippen LogP contribution in [-0.4, -0.2) is 70.0 Å². The summed E-state index contributed by atoms with van der Waals surface area (Å²) in [4.78, 5) is 38.1. The molecule has 0 radical (unpaired) electrons. The first-order chi connectivity index (χ1) is 43.0. The lowest BCUT2D eigenvalue weighted by Crippen LogP contribution is -2.37. The molecule has 0 aromatic rings. The molecule has 0 spiro atoms. The summed E-state index contributed by atoms with van der Waals surface area (Å²) in [7, 11) is 1.14. The number of carbonyl (C=O) groups is 2. The van der Waals surface area contributed by atoms with Crippen molar-refractivity contribution in [1.29, 1.82) is 0 Å². The van der Waals surface area contributed by atoms with Crippen LogP contribution in [0.15, 0.2) is 170 Å². The molecule has 0 aliphatic heterocycles. The fourth-order valence-corrected chi connectivity index (χ4v) is 9.70. The molecule has 0 saturated heterocycles. The van der Waals surface area contributed by atoms with Crippen molar-refractivity contribution in [3.8, 4) is 0 Å². The third-order valence-electron chi connectivity index (χ3n) is 14.2. The number of carbonyl (C=O) groups excluding carboxylic acids is 2. The smallest absolute Gasteiger partial charge is 0.306 e. The highest BCUT2D eigenvalue weighted by atomic mass is 31.2. The Morgan fingerprint density at radius 3 is 0.909 bits per heavy atom. The number of phosphoric acid groups is 1. The van der Waals surface area contributed by atoms with E-state index in [9.17, 15) is 19.0 Å². The molecule has 9 nitrogen and oxygen atoms in total. The highest BCUT2D eigenvalue weighted by Crippen LogP contribution is 2.38. The van der Waals surface area contributed by atoms with Crippen molar-refractivity contribution in [2.24, 2.45) is 0 Å². The van der Waals surface area contributed by atoms with Crippen molar-refractivity contribution >= 4 is 19.8 Å². The van der Waals surface area contributed by atoms with Crippen molar-refractivity contribution in [2.45, 2.75) is 264 Å². The van der Waals surface area contributed by atoms with E-state index in [1.165, 1.54) is 83.5 Å². The Hall–Kier alpha value is -4.63. The van der Waals surface area contributed by atoms with Crippen LogP contribution in [0.1, 0.15) is 258 Å². The lowest BCUT2D eigenvalue weighted by molar-refractivity contribution is -0.870. The second kappa shape index (κ2) is 66.8. The summed E-state index contributed by atoms with van der Waals surface area (Å²) in [5, 5.41) is 0. The Morgan fingerprint density at radius 1 is 0.352 bits per heavy atom. The van der Waals surface area contributed by atoms with E-state index in [4.69, 9.17) is 18.5 Å². The van der Waals surface area contributed by atoms with Crippen LogP contribution in [0.5, 0.6) is 0 Å². The number of unbranched alkanes of at least 4 members (excludes halogenated alkanes) is 20. The zero-order chi connectivity index (χ0) is 64.1. The quantitative estimate of drug-likeness (QED) is 0.0195. The summed E-state index contributed by atoms with van der Waals surface area (Å²) in [6.45, 7) is 3.99. The molecule has 0 fully saturated rings. The van der Waals surface area contributed by atoms with Gasteiger partial charge in [0.1, 0.15) is 19.8 Å². The van der Waals surface area contributed by atoms with E-state index < -0.39 is 32.5 Å². The Kier molecular flexibility index (Phi) is 63.3. The van der Waals surface area contributed by atoms with Crippen LogP contribution in [0.3, 0.4) is 0 Å². The summed E-state index contributed by atoms with van der Waals surface area (Å²) >= 11 is 0. The van der Waals surface area contributed by atoms with Crippen LogP contribution in [0.25, 0.3) is 0 Å². The van der Waals surface area contributed by atoms with Crippen LogP contribution in [0.2, 0.25) is 0 Å². The second-order valence-corrected chi connectivity index (χ2v) is 25.2. The first-order valence-corrected chi connectivity index (χ1v) is 36.3. The summed E-state index contributed by atoms with van der Waals surface area (Å²) in [5.41, 5.74) is 0. The third-order valence-corrected chi connectivity index (χ3v) is 15.2. The molecule has 0 aliphatic rings. The van der Waals surface area contributed by atoms with Crippen molar-refractivity contribution < 1.29 is 42.1 Å². The fourth-order valence-electron chi connectivity index (χ4n) is 8.97. The first kappa shape index (κ1) is 83.4. The largest absolute Gasteiger partial charge is 0.756 e. The number of hydrogen-bond donors (Lipinski definition) is 0. The fraction of sp³-hybridized carbons (Fsp3) is 0.615. The molecule has 0 aromatic heterocycles. The molecule has 498 valence electrons. The molecule has 0 saturated carbocycles. The van der Waals surface area contributed by atoms with Gasteiger partial charge in [0, 0.05) is 12.8 Å². The summed E-state index contributed by atoms with van der Waals surface area (Å²) < 4.78 is 34.3. The molecule has 0 heterocycles. The van der Waals surface area contributed by atoms with Gasteiger partial charge < -0.3 is 27.9 Å². The molecule has 88 heavy (non-hydrogen) atoms. The summed E-state index contributed by atoms with van der Waals surface area (Å²) in [6, 6.07) is 0. The number of phosphoric ester groups is 1. The SMILES string of the molecule is CC/C=C\C/C=C\C/C=C\C/C=C\C/C=C\C/C=C\C/C=C\CCCCCCCCCCCCCCCC(=O)OC(COC(=O)CCCCCCCCC/C=C\C/C=C\C/C=C\C/C=C\C/C=C\C/C=C\C/C=C\CC)COP(=O)([O-])OCC[N+](C)(C)C. The minimum atomic E-state index is -4.66. The number of ether oxygens (including phenoxy) is 2. The maximum atomic E-state index is 12.9. The van der Waals surface area contributed by atoms with Gasteiger partial charge in [-0.05, 0) is 128 Å². The van der Waals surface area contributed by atoms with Crippen LogP contribution in [-0.2, 0) is 32.7 Å². The molecule has 0 aliphatic carbocycles. The zero-order valence-corrected chi connectivity index (χ0v) is 57.5. The predicted molar refractivity (Wildman–Crippen MR) is 378 cm³/mol. The van der Waals surface area contributed by atoms with E-state index in [2.05, 4.69) is 184 Å². The van der Waals surface area contributed by atoms with Gasteiger partial charge in [0.05, 0.1) is 27.7 Å². The van der Waals surface area contributed by atoms with E-state index in [1.54, 1.807) is 0 Å². The number of hydrogen-bond acceptors (Lipinski definition) is 8. The highest BCUT2D eigenvalue weighted by molar-refractivity contribution is 7.45. The summed E-state index contributed by atoms with van der Waals surface area (Å²) in [6.07, 6.45) is 101. The van der Waals surface area contributed by atoms with Gasteiger partial charge >= 0.3 is 11.9 Å². The van der Waals surface area contributed by atoms with Crippen molar-refractivity contribution in [3.63, 3.8) is 0 Å². The Morgan fingerprint density at radius 2 is 0.614 bits per heavy atom. The highest BCUT2D eigenvalue weighted by Gasteiger charge is 2.22. The standard InChI is InChI=1S/C78H128NO8P/c1-6-8-10-12-14-16-18-20-22-24-26-28-30-32-34-36-37-38-39-40-41-43-45-47-49-51-53-55-57-59-61-63-65-67-69-71-78(81)87-76(75-86-88(82,83)85-73-72-79(3,4)5)74-84-77(80)70-68-66-64-62-60-58-56-54-52-50-48-46-44-42-35-33-31-29-27-25-23-21-19-17-15-13-11-9-7-2/h8-11,14-17,20-23,26-29,32-35,37-38,40-41,44,46,50,52,76H,6-7,12-13,18-19,24-25,30-31,36,39,42-43,45,47-49,51,53-75H2,1-5H3/b10-8-,11-9-,16-14-,17-15-,22-20-,23-21-,28-26-,29-27-,34-32-,35-33-,38-37-,41-40-,46-44-,52-50-. The predicted octanol–water partition coefficient (Wildman–Crippen LogP) is 22.3. The normalized spacial score (nSPS) is 14.2. The minimum absolute atomic E-state index is 0.0415. The Bertz CT molecular complexity index is 2090. The van der Waals surface area contributed by atoms with E-state index >= 15 is 0 Å². The Balaban J connectivity index is 4.14. The monoisotopic (exact) mass is 1240 g/mol. The average Bonchev–Trinajstić information content (AvgIpc) is 3.57. The lowest BCUT2D eigenvalue weighted by atomic mass is 10.0. The van der Waals surface area contributed by atoms with Gasteiger partial charge in [0.2, 0.25) is 0 Å². The van der Waals surface area contributed by atoms with Crippen LogP contribution < -0.4 is 4.89 Å². The number of rotatable bonds is 62. The molecule has 0 amide bonds. The number of quaternary nitrogens is 1. The number of esters is 2. The van der Waals surface area contributed by atoms with E-state index in [0.29, 0.717) is 23.9 Å². The molecule has 0 bridgehead atoms. The van der Waals surface area contributed by atoms with Gasteiger partial charge in [-0.3, -0.25) is 14.2 Å². The minimum Gasteiger partial charge on any atom is -0.756 e. The number of likely N-dealkylation sites (N-methyl/N-ethyl adjacent to an activating group) is 1. The average molecular weight is 1240 g/mol. The maximum Gasteiger partial charge on any atom is 0.306 e. The lowest BCUT2D eigenvalue weighted by Gasteiger charge is -2.28. The molecule has 2 unspecified atom stereocenters. The zero-order valence-electron chi connectivity index (χ0n) is 56.6. The van der Waals surface area contributed by atoms with Crippen LogP contribution in [0.4, 0.5) is 0 Å². The third kappa shape index (κ3) is 70.5. The van der Waals surface area contributed by atoms with Crippen LogP contribution in [0, 0.1) is 0 Å². The second-order valence-electron chi connectivity index (χ2n) is 23.8. The first-order valence-electron chi connectivity index (χ1n) is 34.8. The number of nitrogens with zero attached hydrogens (tertiary/aromatic N) is 1. The molecule has 0 rings (SSSR count). The molecule has 10 heteroatoms. The van der Waals surface area contributed by atoms with Gasteiger partial charge in [-0.2, -0.15) is 0 Å². The maximum absolute atomic E-state index is 12.9. The molecule has 0 aromatic carbocycles. The number of allylic oxidation sites excluding steroid dienone is 28. The van der Waals surface area contributed by atoms with Crippen molar-refractivity contribution in [3.05, 3.63) is 170 Å². The van der Waals surface area contributed by atoms with E-state index in [0.717, 1.165) is 135 Å². The van der Waals surface area contributed by atoms with E-state index in [1.807, 2.05) is 21.1 Å². The van der Waals surface area contributed by atoms with Crippen LogP contribution >= 0.6 is 7.82 Å². The Labute approximate surface area is 540 Å².